The van der Waals surface area contributed by atoms with E-state index in [4.69, 9.17) is 0 Å². The van der Waals surface area contributed by atoms with Gasteiger partial charge in [-0.15, -0.1) is 0 Å². The van der Waals surface area contributed by atoms with Crippen LogP contribution in [0.15, 0.2) is 30.3 Å². The monoisotopic (exact) mass is 378 g/mol. The molecule has 1 aliphatic heterocycles. The molecule has 1 aromatic carbocycles. The van der Waals surface area contributed by atoms with E-state index in [1.165, 1.54) is 0 Å². The third kappa shape index (κ3) is 3.49. The molecule has 1 saturated heterocycles. The van der Waals surface area contributed by atoms with Gasteiger partial charge in [0, 0.05) is 25.3 Å². The van der Waals surface area contributed by atoms with Gasteiger partial charge in [-0.3, -0.25) is 4.79 Å². The molecule has 27 heavy (non-hydrogen) atoms. The maximum atomic E-state index is 13.8. The van der Waals surface area contributed by atoms with Gasteiger partial charge in [0.15, 0.2) is 5.60 Å². The zero-order valence-electron chi connectivity index (χ0n) is 15.5. The summed E-state index contributed by atoms with van der Waals surface area (Å²) in [4.78, 5) is 13.1. The van der Waals surface area contributed by atoms with Gasteiger partial charge in [0.2, 0.25) is 5.92 Å². The van der Waals surface area contributed by atoms with E-state index in [9.17, 15) is 18.7 Å². The largest absolute Gasteiger partial charge is 0.375 e. The number of rotatable bonds is 5. The number of hydrogen-bond acceptors (Lipinski definition) is 3. The molecule has 0 aromatic heterocycles. The van der Waals surface area contributed by atoms with Crippen LogP contribution in [0.3, 0.4) is 0 Å². The molecule has 2 saturated carbocycles. The predicted molar refractivity (Wildman–Crippen MR) is 98.2 cm³/mol. The second-order valence-corrected chi connectivity index (χ2v) is 8.56. The van der Waals surface area contributed by atoms with Crippen LogP contribution < -0.4 is 10.6 Å². The Morgan fingerprint density at radius 2 is 1.85 bits per heavy atom. The van der Waals surface area contributed by atoms with E-state index in [-0.39, 0.29) is 12.8 Å². The molecular formula is C21H28F2N2O2. The Kier molecular flexibility index (Phi) is 4.97. The molecule has 0 spiro atoms. The number of piperidine rings is 1. The van der Waals surface area contributed by atoms with Crippen molar-refractivity contribution < 1.29 is 18.7 Å². The molecular weight excluding hydrogens is 350 g/mol. The van der Waals surface area contributed by atoms with Crippen LogP contribution in [0.4, 0.5) is 8.78 Å². The molecule has 6 heteroatoms. The van der Waals surface area contributed by atoms with Gasteiger partial charge in [-0.1, -0.05) is 30.3 Å². The highest BCUT2D eigenvalue weighted by Crippen LogP contribution is 2.47. The first-order chi connectivity index (χ1) is 12.9. The highest BCUT2D eigenvalue weighted by molar-refractivity contribution is 5.86. The van der Waals surface area contributed by atoms with Crippen molar-refractivity contribution in [1.82, 2.24) is 10.6 Å². The van der Waals surface area contributed by atoms with Gasteiger partial charge in [-0.2, -0.15) is 0 Å². The van der Waals surface area contributed by atoms with Gasteiger partial charge < -0.3 is 15.7 Å². The van der Waals surface area contributed by atoms with Crippen molar-refractivity contribution in [3.05, 3.63) is 35.9 Å². The lowest BCUT2D eigenvalue weighted by Crippen LogP contribution is -2.52. The number of halogens is 2. The number of amides is 1. The summed E-state index contributed by atoms with van der Waals surface area (Å²) in [6.45, 7) is 2.44. The normalized spacial score (nSPS) is 34.2. The number of alkyl halides is 2. The second kappa shape index (κ2) is 7.13. The smallest absolute Gasteiger partial charge is 0.256 e. The minimum atomic E-state index is -2.82. The molecule has 2 bridgehead atoms. The van der Waals surface area contributed by atoms with E-state index in [1.807, 2.05) is 0 Å². The van der Waals surface area contributed by atoms with Crippen molar-refractivity contribution in [2.45, 2.75) is 43.6 Å². The van der Waals surface area contributed by atoms with Crippen LogP contribution in [0, 0.1) is 23.7 Å². The maximum absolute atomic E-state index is 13.8. The van der Waals surface area contributed by atoms with Gasteiger partial charge in [-0.05, 0) is 55.7 Å². The average Bonchev–Trinajstić information content (AvgIpc) is 3.14. The number of carbonyl (C=O) groups excluding carboxylic acids is 1. The summed E-state index contributed by atoms with van der Waals surface area (Å²) in [7, 11) is 0. The summed E-state index contributed by atoms with van der Waals surface area (Å²) < 4.78 is 27.7. The summed E-state index contributed by atoms with van der Waals surface area (Å²) in [5.41, 5.74) is -1.51. The van der Waals surface area contributed by atoms with Crippen LogP contribution in [-0.2, 0) is 10.4 Å². The van der Waals surface area contributed by atoms with E-state index in [0.717, 1.165) is 25.9 Å². The third-order valence-electron chi connectivity index (χ3n) is 6.99. The fourth-order valence-electron chi connectivity index (χ4n) is 5.43. The van der Waals surface area contributed by atoms with Crippen LogP contribution in [0.25, 0.3) is 0 Å². The van der Waals surface area contributed by atoms with E-state index in [2.05, 4.69) is 10.6 Å². The molecule has 3 N–H and O–H groups in total. The predicted octanol–water partition coefficient (Wildman–Crippen LogP) is 2.67. The molecule has 0 radical (unpaired) electrons. The first kappa shape index (κ1) is 18.8. The number of hydrogen-bond donors (Lipinski definition) is 3. The van der Waals surface area contributed by atoms with Gasteiger partial charge in [0.1, 0.15) is 0 Å². The fraction of sp³-hybridized carbons (Fsp3) is 0.667. The molecule has 3 fully saturated rings. The summed E-state index contributed by atoms with van der Waals surface area (Å²) in [6, 6.07) is 8.56. The summed E-state index contributed by atoms with van der Waals surface area (Å²) in [6.07, 6.45) is 1.74. The van der Waals surface area contributed by atoms with Crippen molar-refractivity contribution in [1.29, 1.82) is 0 Å². The minimum Gasteiger partial charge on any atom is -0.375 e. The summed E-state index contributed by atoms with van der Waals surface area (Å²) in [5.74, 6) is -2.63. The molecule has 148 valence electrons. The standard InChI is InChI=1S/C21H28F2N2O2/c22-20(23)9-8-17(10-20)21(27,16-4-2-1-3-5-16)19(26)25-13-18-14-6-7-15(18)12-24-11-14/h1-5,14-15,17-18,24,27H,6-13H2,(H,25,26)/t14?,15?,17-,18?,21?/m0/s1. The topological polar surface area (TPSA) is 61.4 Å². The molecule has 3 unspecified atom stereocenters. The van der Waals surface area contributed by atoms with Gasteiger partial charge in [0.05, 0.1) is 0 Å². The number of fused-ring (bicyclic) bond motifs is 2. The molecule has 2 aliphatic carbocycles. The van der Waals surface area contributed by atoms with Gasteiger partial charge in [-0.25, -0.2) is 8.78 Å². The molecule has 4 rings (SSSR count). The van der Waals surface area contributed by atoms with Crippen LogP contribution in [0.1, 0.15) is 37.7 Å². The number of aliphatic hydroxyl groups is 1. The lowest BCUT2D eigenvalue weighted by Gasteiger charge is -2.35. The fourth-order valence-corrected chi connectivity index (χ4v) is 5.43. The lowest BCUT2D eigenvalue weighted by molar-refractivity contribution is -0.149. The van der Waals surface area contributed by atoms with Crippen LogP contribution >= 0.6 is 0 Å². The SMILES string of the molecule is O=C(NCC1C2CCC1CNC2)C(O)(c1ccccc1)[C@H]1CCC(F)(F)C1. The van der Waals surface area contributed by atoms with E-state index < -0.39 is 29.8 Å². The van der Waals surface area contributed by atoms with Crippen molar-refractivity contribution in [3.63, 3.8) is 0 Å². The zero-order valence-corrected chi connectivity index (χ0v) is 15.5. The summed E-state index contributed by atoms with van der Waals surface area (Å²) in [5, 5.41) is 17.8. The Morgan fingerprint density at radius 3 is 2.44 bits per heavy atom. The Balaban J connectivity index is 1.53. The zero-order chi connectivity index (χ0) is 19.1. The highest BCUT2D eigenvalue weighted by atomic mass is 19.3. The van der Waals surface area contributed by atoms with Crippen LogP contribution in [0.2, 0.25) is 0 Å². The first-order valence-electron chi connectivity index (χ1n) is 10.0. The van der Waals surface area contributed by atoms with Crippen LogP contribution in [0.5, 0.6) is 0 Å². The highest BCUT2D eigenvalue weighted by Gasteiger charge is 2.53. The number of benzene rings is 1. The Labute approximate surface area is 158 Å². The summed E-state index contributed by atoms with van der Waals surface area (Å²) >= 11 is 0. The molecule has 4 atom stereocenters. The first-order valence-corrected chi connectivity index (χ1v) is 10.0. The van der Waals surface area contributed by atoms with Gasteiger partial charge >= 0.3 is 0 Å². The maximum Gasteiger partial charge on any atom is 0.256 e. The Morgan fingerprint density at radius 1 is 1.19 bits per heavy atom. The Bertz CT molecular complexity index is 668. The van der Waals surface area contributed by atoms with Crippen molar-refractivity contribution >= 4 is 5.91 Å². The molecule has 1 aromatic rings. The van der Waals surface area contributed by atoms with Crippen molar-refractivity contribution in [2.24, 2.45) is 23.7 Å². The minimum absolute atomic E-state index is 0.143. The molecule has 1 heterocycles. The molecule has 4 nitrogen and oxygen atoms in total. The lowest BCUT2D eigenvalue weighted by atomic mass is 9.78. The van der Waals surface area contributed by atoms with Crippen molar-refractivity contribution in [2.75, 3.05) is 19.6 Å². The average molecular weight is 378 g/mol. The number of carbonyl (C=O) groups is 1. The van der Waals surface area contributed by atoms with Crippen LogP contribution in [-0.4, -0.2) is 36.6 Å². The molecule has 1 amide bonds. The quantitative estimate of drug-likeness (QED) is 0.738. The molecule has 3 aliphatic rings. The van der Waals surface area contributed by atoms with E-state index >= 15 is 0 Å². The van der Waals surface area contributed by atoms with Gasteiger partial charge in [0.25, 0.3) is 5.91 Å². The third-order valence-corrected chi connectivity index (χ3v) is 6.99. The number of nitrogens with one attached hydrogen (secondary N) is 2. The van der Waals surface area contributed by atoms with E-state index in [1.54, 1.807) is 30.3 Å². The van der Waals surface area contributed by atoms with Crippen molar-refractivity contribution in [3.8, 4) is 0 Å². The second-order valence-electron chi connectivity index (χ2n) is 8.56. The van der Waals surface area contributed by atoms with E-state index in [0.29, 0.717) is 29.9 Å². The Hall–Kier alpha value is -1.53.